The zero-order valence-electron chi connectivity index (χ0n) is 15.8. The van der Waals surface area contributed by atoms with E-state index < -0.39 is 22.0 Å². The van der Waals surface area contributed by atoms with Crippen molar-refractivity contribution in [1.29, 1.82) is 0 Å². The largest absolute Gasteiger partial charge is 0.495 e. The maximum absolute atomic E-state index is 13.1. The molecule has 0 aromatic heterocycles. The molecular weight excluding hydrogens is 400 g/mol. The maximum atomic E-state index is 13.1. The quantitative estimate of drug-likeness (QED) is 0.794. The summed E-state index contributed by atoms with van der Waals surface area (Å²) >= 11 is 6.02. The van der Waals surface area contributed by atoms with Crippen LogP contribution in [0.3, 0.4) is 0 Å². The number of piperidine rings is 1. The van der Waals surface area contributed by atoms with Crippen molar-refractivity contribution in [3.05, 3.63) is 53.1 Å². The summed E-state index contributed by atoms with van der Waals surface area (Å²) in [7, 11) is -2.28. The number of carbonyl (C=O) groups is 1. The minimum atomic E-state index is -3.77. The smallest absolute Gasteiger partial charge is 0.243 e. The first-order chi connectivity index (χ1) is 13.3. The van der Waals surface area contributed by atoms with E-state index in [2.05, 4.69) is 5.32 Å². The standard InChI is InChI=1S/C20H23ClN2O4S/c1-14-6-9-16(10-7-14)28(25,26)23-12-4-3-5-18(23)20(24)22-17-13-15(21)8-11-19(17)27-2/h6-11,13,18H,3-5,12H2,1-2H3,(H,22,24)/t18-/m1/s1. The van der Waals surface area contributed by atoms with Crippen molar-refractivity contribution < 1.29 is 17.9 Å². The van der Waals surface area contributed by atoms with Gasteiger partial charge in [0.15, 0.2) is 0 Å². The predicted molar refractivity (Wildman–Crippen MR) is 109 cm³/mol. The third kappa shape index (κ3) is 4.32. The molecule has 0 spiro atoms. The highest BCUT2D eigenvalue weighted by atomic mass is 35.5. The summed E-state index contributed by atoms with van der Waals surface area (Å²) in [5.74, 6) is 0.0671. The zero-order chi connectivity index (χ0) is 20.3. The third-order valence-corrected chi connectivity index (χ3v) is 6.96. The number of amides is 1. The van der Waals surface area contributed by atoms with Crippen molar-refractivity contribution in [3.8, 4) is 5.75 Å². The Morgan fingerprint density at radius 2 is 1.89 bits per heavy atom. The van der Waals surface area contributed by atoms with Gasteiger partial charge in [-0.1, -0.05) is 35.7 Å². The monoisotopic (exact) mass is 422 g/mol. The SMILES string of the molecule is COc1ccc(Cl)cc1NC(=O)[C@H]1CCCCN1S(=O)(=O)c1ccc(C)cc1. The van der Waals surface area contributed by atoms with Gasteiger partial charge in [-0.05, 0) is 50.1 Å². The van der Waals surface area contributed by atoms with E-state index in [1.165, 1.54) is 11.4 Å². The van der Waals surface area contributed by atoms with E-state index in [1.54, 1.807) is 42.5 Å². The molecule has 1 aliphatic rings. The highest BCUT2D eigenvalue weighted by molar-refractivity contribution is 7.89. The zero-order valence-corrected chi connectivity index (χ0v) is 17.4. The fourth-order valence-electron chi connectivity index (χ4n) is 3.29. The molecule has 1 N–H and O–H groups in total. The Kier molecular flexibility index (Phi) is 6.27. The lowest BCUT2D eigenvalue weighted by molar-refractivity contribution is -0.120. The Morgan fingerprint density at radius 3 is 2.57 bits per heavy atom. The van der Waals surface area contributed by atoms with E-state index in [0.29, 0.717) is 29.4 Å². The molecule has 1 amide bonds. The van der Waals surface area contributed by atoms with Crippen LogP contribution >= 0.6 is 11.6 Å². The van der Waals surface area contributed by atoms with Crippen molar-refractivity contribution in [3.63, 3.8) is 0 Å². The minimum Gasteiger partial charge on any atom is -0.495 e. The van der Waals surface area contributed by atoms with Gasteiger partial charge in [0.2, 0.25) is 15.9 Å². The Balaban J connectivity index is 1.88. The fraction of sp³-hybridized carbons (Fsp3) is 0.350. The van der Waals surface area contributed by atoms with E-state index in [4.69, 9.17) is 16.3 Å². The van der Waals surface area contributed by atoms with Crippen LogP contribution in [-0.2, 0) is 14.8 Å². The van der Waals surface area contributed by atoms with Gasteiger partial charge < -0.3 is 10.1 Å². The summed E-state index contributed by atoms with van der Waals surface area (Å²) in [4.78, 5) is 13.2. The molecule has 1 atom stereocenters. The second kappa shape index (κ2) is 8.51. The first kappa shape index (κ1) is 20.6. The number of sulfonamides is 1. The van der Waals surface area contributed by atoms with Crippen LogP contribution in [-0.4, -0.2) is 38.3 Å². The van der Waals surface area contributed by atoms with E-state index in [9.17, 15) is 13.2 Å². The normalized spacial score (nSPS) is 17.9. The summed E-state index contributed by atoms with van der Waals surface area (Å²) < 4.78 is 32.8. The molecule has 2 aromatic rings. The van der Waals surface area contributed by atoms with Crippen molar-refractivity contribution in [2.45, 2.75) is 37.1 Å². The van der Waals surface area contributed by atoms with Gasteiger partial charge in [-0.2, -0.15) is 4.31 Å². The molecule has 150 valence electrons. The van der Waals surface area contributed by atoms with Gasteiger partial charge in [-0.25, -0.2) is 8.42 Å². The Labute approximate surface area is 170 Å². The van der Waals surface area contributed by atoms with E-state index in [-0.39, 0.29) is 4.90 Å². The summed E-state index contributed by atoms with van der Waals surface area (Å²) in [6, 6.07) is 10.8. The van der Waals surface area contributed by atoms with Crippen molar-refractivity contribution in [1.82, 2.24) is 4.31 Å². The van der Waals surface area contributed by atoms with Gasteiger partial charge in [0.25, 0.3) is 0 Å². The van der Waals surface area contributed by atoms with Crippen molar-refractivity contribution in [2.24, 2.45) is 0 Å². The lowest BCUT2D eigenvalue weighted by atomic mass is 10.0. The number of anilines is 1. The van der Waals surface area contributed by atoms with Gasteiger partial charge in [0, 0.05) is 11.6 Å². The van der Waals surface area contributed by atoms with Crippen molar-refractivity contribution >= 4 is 33.2 Å². The molecule has 0 aliphatic carbocycles. The highest BCUT2D eigenvalue weighted by Gasteiger charge is 2.37. The maximum Gasteiger partial charge on any atom is 0.243 e. The molecule has 1 saturated heterocycles. The van der Waals surface area contributed by atoms with Crippen LogP contribution in [0, 0.1) is 6.92 Å². The van der Waals surface area contributed by atoms with E-state index >= 15 is 0 Å². The van der Waals surface area contributed by atoms with Crippen LogP contribution in [0.1, 0.15) is 24.8 Å². The van der Waals surface area contributed by atoms with Gasteiger partial charge in [-0.15, -0.1) is 0 Å². The first-order valence-corrected chi connectivity index (χ1v) is 10.9. The molecule has 0 saturated carbocycles. The van der Waals surface area contributed by atoms with Crippen LogP contribution in [0.2, 0.25) is 5.02 Å². The molecule has 0 unspecified atom stereocenters. The molecule has 1 aliphatic heterocycles. The Morgan fingerprint density at radius 1 is 1.18 bits per heavy atom. The molecule has 1 heterocycles. The number of benzene rings is 2. The molecular formula is C20H23ClN2O4S. The number of nitrogens with one attached hydrogen (secondary N) is 1. The number of nitrogens with zero attached hydrogens (tertiary/aromatic N) is 1. The molecule has 8 heteroatoms. The molecule has 28 heavy (non-hydrogen) atoms. The molecule has 6 nitrogen and oxygen atoms in total. The minimum absolute atomic E-state index is 0.193. The van der Waals surface area contributed by atoms with Crippen LogP contribution in [0.25, 0.3) is 0 Å². The Bertz CT molecular complexity index is 961. The third-order valence-electron chi connectivity index (χ3n) is 4.80. The lowest BCUT2D eigenvalue weighted by Gasteiger charge is -2.33. The number of hydrogen-bond acceptors (Lipinski definition) is 4. The average Bonchev–Trinajstić information content (AvgIpc) is 2.68. The summed E-state index contributed by atoms with van der Waals surface area (Å²) in [5.41, 5.74) is 1.39. The van der Waals surface area contributed by atoms with E-state index in [1.807, 2.05) is 6.92 Å². The van der Waals surface area contributed by atoms with Crippen LogP contribution in [0.5, 0.6) is 5.75 Å². The molecule has 2 aromatic carbocycles. The number of aryl methyl sites for hydroxylation is 1. The second-order valence-electron chi connectivity index (χ2n) is 6.77. The molecule has 0 bridgehead atoms. The Hall–Kier alpha value is -2.09. The number of methoxy groups -OCH3 is 1. The van der Waals surface area contributed by atoms with Gasteiger partial charge >= 0.3 is 0 Å². The number of ether oxygens (including phenoxy) is 1. The molecule has 0 radical (unpaired) electrons. The number of rotatable bonds is 5. The molecule has 1 fully saturated rings. The number of hydrogen-bond donors (Lipinski definition) is 1. The van der Waals surface area contributed by atoms with Gasteiger partial charge in [-0.3, -0.25) is 4.79 Å². The summed E-state index contributed by atoms with van der Waals surface area (Å²) in [6.45, 7) is 2.20. The van der Waals surface area contributed by atoms with Crippen LogP contribution in [0.15, 0.2) is 47.4 Å². The number of carbonyl (C=O) groups excluding carboxylic acids is 1. The van der Waals surface area contributed by atoms with Gasteiger partial charge in [0.05, 0.1) is 17.7 Å². The topological polar surface area (TPSA) is 75.7 Å². The highest BCUT2D eigenvalue weighted by Crippen LogP contribution is 2.30. The van der Waals surface area contributed by atoms with Crippen LogP contribution < -0.4 is 10.1 Å². The summed E-state index contributed by atoms with van der Waals surface area (Å²) in [6.07, 6.45) is 1.96. The first-order valence-electron chi connectivity index (χ1n) is 9.06. The summed E-state index contributed by atoms with van der Waals surface area (Å²) in [5, 5.41) is 3.23. The molecule has 3 rings (SSSR count). The second-order valence-corrected chi connectivity index (χ2v) is 9.10. The van der Waals surface area contributed by atoms with Gasteiger partial charge in [0.1, 0.15) is 11.8 Å². The van der Waals surface area contributed by atoms with E-state index in [0.717, 1.165) is 18.4 Å². The predicted octanol–water partition coefficient (Wildman–Crippen LogP) is 3.84. The lowest BCUT2D eigenvalue weighted by Crippen LogP contribution is -2.49. The van der Waals surface area contributed by atoms with Crippen molar-refractivity contribution in [2.75, 3.05) is 19.0 Å². The average molecular weight is 423 g/mol. The number of halogens is 1. The van der Waals surface area contributed by atoms with Crippen LogP contribution in [0.4, 0.5) is 5.69 Å². The fourth-order valence-corrected chi connectivity index (χ4v) is 5.12.